The number of benzene rings is 1. The minimum Gasteiger partial charge on any atom is -0.327 e. The third-order valence-corrected chi connectivity index (χ3v) is 3.58. The van der Waals surface area contributed by atoms with Gasteiger partial charge < -0.3 is 4.90 Å². The monoisotopic (exact) mass is 286 g/mol. The summed E-state index contributed by atoms with van der Waals surface area (Å²) in [6.45, 7) is 0.689. The van der Waals surface area contributed by atoms with E-state index in [0.717, 1.165) is 5.56 Å². The molecule has 18 heavy (non-hydrogen) atoms. The Morgan fingerprint density at radius 3 is 2.61 bits per heavy atom. The summed E-state index contributed by atoms with van der Waals surface area (Å²) in [6.07, 6.45) is 0.351. The molecule has 96 valence electrons. The van der Waals surface area contributed by atoms with Crippen molar-refractivity contribution < 1.29 is 9.59 Å². The number of rotatable bonds is 2. The smallest absolute Gasteiger partial charge is 0.326 e. The molecule has 1 aromatic rings. The van der Waals surface area contributed by atoms with Gasteiger partial charge >= 0.3 is 6.03 Å². The Bertz CT molecular complexity index is 505. The number of halogens is 2. The molecule has 0 spiro atoms. The van der Waals surface area contributed by atoms with E-state index in [1.54, 1.807) is 25.2 Å². The molecule has 0 unspecified atom stereocenters. The van der Waals surface area contributed by atoms with Crippen LogP contribution in [0.5, 0.6) is 0 Å². The molecule has 1 fully saturated rings. The van der Waals surface area contributed by atoms with Gasteiger partial charge in [0.05, 0.1) is 16.6 Å². The van der Waals surface area contributed by atoms with Crippen molar-refractivity contribution in [3.8, 4) is 0 Å². The van der Waals surface area contributed by atoms with Crippen molar-refractivity contribution in [3.63, 3.8) is 0 Å². The molecule has 1 aliphatic heterocycles. The average molecular weight is 287 g/mol. The Morgan fingerprint density at radius 1 is 1.22 bits per heavy atom. The van der Waals surface area contributed by atoms with E-state index in [9.17, 15) is 9.59 Å². The minimum atomic E-state index is -0.280. The first-order valence-electron chi connectivity index (χ1n) is 5.48. The Kier molecular flexibility index (Phi) is 3.78. The van der Waals surface area contributed by atoms with E-state index >= 15 is 0 Å². The van der Waals surface area contributed by atoms with E-state index in [0.29, 0.717) is 23.0 Å². The number of carbonyl (C=O) groups excluding carboxylic acids is 2. The second-order valence-corrected chi connectivity index (χ2v) is 5.00. The lowest BCUT2D eigenvalue weighted by Crippen LogP contribution is -2.50. The SMILES string of the molecule is CN1CCC(=O)N(Cc2ccc(Cl)c(Cl)c2)C1=O. The Morgan fingerprint density at radius 2 is 1.94 bits per heavy atom. The van der Waals surface area contributed by atoms with Gasteiger partial charge in [-0.1, -0.05) is 29.3 Å². The summed E-state index contributed by atoms with van der Waals surface area (Å²) >= 11 is 11.7. The van der Waals surface area contributed by atoms with Crippen molar-refractivity contribution in [2.75, 3.05) is 13.6 Å². The highest BCUT2D eigenvalue weighted by Gasteiger charge is 2.29. The molecule has 0 bridgehead atoms. The largest absolute Gasteiger partial charge is 0.327 e. The van der Waals surface area contributed by atoms with Gasteiger partial charge in [0.25, 0.3) is 0 Å². The molecule has 1 heterocycles. The molecule has 0 N–H and O–H groups in total. The molecule has 2 rings (SSSR count). The molecule has 4 nitrogen and oxygen atoms in total. The minimum absolute atomic E-state index is 0.163. The predicted molar refractivity (Wildman–Crippen MR) is 69.7 cm³/mol. The van der Waals surface area contributed by atoms with Gasteiger partial charge in [-0.2, -0.15) is 0 Å². The zero-order chi connectivity index (χ0) is 13.3. The number of urea groups is 1. The van der Waals surface area contributed by atoms with Crippen molar-refractivity contribution >= 4 is 35.1 Å². The van der Waals surface area contributed by atoms with E-state index in [-0.39, 0.29) is 18.5 Å². The number of imide groups is 1. The molecule has 3 amide bonds. The van der Waals surface area contributed by atoms with Gasteiger partial charge in [0.2, 0.25) is 5.91 Å². The van der Waals surface area contributed by atoms with Crippen molar-refractivity contribution in [2.24, 2.45) is 0 Å². The van der Waals surface area contributed by atoms with Crippen LogP contribution in [-0.2, 0) is 11.3 Å². The molecular formula is C12H12Cl2N2O2. The fourth-order valence-electron chi connectivity index (χ4n) is 1.78. The quantitative estimate of drug-likeness (QED) is 0.839. The van der Waals surface area contributed by atoms with E-state index in [2.05, 4.69) is 0 Å². The van der Waals surface area contributed by atoms with E-state index in [4.69, 9.17) is 23.2 Å². The second-order valence-electron chi connectivity index (χ2n) is 4.18. The lowest BCUT2D eigenvalue weighted by atomic mass is 10.2. The summed E-state index contributed by atoms with van der Waals surface area (Å²) < 4.78 is 0. The summed E-state index contributed by atoms with van der Waals surface area (Å²) in [5, 5.41) is 0.869. The average Bonchev–Trinajstić information content (AvgIpc) is 2.34. The molecule has 0 radical (unpaired) electrons. The van der Waals surface area contributed by atoms with Gasteiger partial charge in [0.15, 0.2) is 0 Å². The maximum absolute atomic E-state index is 11.9. The lowest BCUT2D eigenvalue weighted by molar-refractivity contribution is -0.131. The third-order valence-electron chi connectivity index (χ3n) is 2.84. The topological polar surface area (TPSA) is 40.6 Å². The molecule has 6 heteroatoms. The molecule has 0 atom stereocenters. The summed E-state index contributed by atoms with van der Waals surface area (Å²) in [7, 11) is 1.68. The van der Waals surface area contributed by atoms with Gasteiger partial charge in [0.1, 0.15) is 0 Å². The van der Waals surface area contributed by atoms with Crippen LogP contribution in [0, 0.1) is 0 Å². The number of carbonyl (C=O) groups is 2. The first-order valence-corrected chi connectivity index (χ1v) is 6.24. The Balaban J connectivity index is 2.18. The fourth-order valence-corrected chi connectivity index (χ4v) is 2.10. The molecule has 1 aliphatic rings. The highest BCUT2D eigenvalue weighted by atomic mass is 35.5. The van der Waals surface area contributed by atoms with Crippen LogP contribution in [0.1, 0.15) is 12.0 Å². The van der Waals surface area contributed by atoms with Crippen molar-refractivity contribution in [3.05, 3.63) is 33.8 Å². The standard InChI is InChI=1S/C12H12Cl2N2O2/c1-15-5-4-11(17)16(12(15)18)7-8-2-3-9(13)10(14)6-8/h2-3,6H,4-5,7H2,1H3. The van der Waals surface area contributed by atoms with Crippen LogP contribution in [-0.4, -0.2) is 35.3 Å². The van der Waals surface area contributed by atoms with E-state index < -0.39 is 0 Å². The highest BCUT2D eigenvalue weighted by Crippen LogP contribution is 2.24. The fraction of sp³-hybridized carbons (Fsp3) is 0.333. The number of nitrogens with zero attached hydrogens (tertiary/aromatic N) is 2. The highest BCUT2D eigenvalue weighted by molar-refractivity contribution is 6.42. The molecule has 0 saturated carbocycles. The molecule has 1 saturated heterocycles. The number of amides is 3. The molecule has 0 aliphatic carbocycles. The summed E-state index contributed by atoms with van der Waals surface area (Å²) in [4.78, 5) is 26.3. The lowest BCUT2D eigenvalue weighted by Gasteiger charge is -2.31. The van der Waals surface area contributed by atoms with E-state index in [1.807, 2.05) is 0 Å². The maximum atomic E-state index is 11.9. The van der Waals surface area contributed by atoms with Crippen molar-refractivity contribution in [1.82, 2.24) is 9.80 Å². The first-order chi connectivity index (χ1) is 8.49. The third kappa shape index (κ3) is 2.60. The Hall–Kier alpha value is -1.26. The molecular weight excluding hydrogens is 275 g/mol. The van der Waals surface area contributed by atoms with Crippen LogP contribution in [0.2, 0.25) is 10.0 Å². The van der Waals surface area contributed by atoms with Gasteiger partial charge in [-0.05, 0) is 17.7 Å². The predicted octanol–water partition coefficient (Wildman–Crippen LogP) is 2.78. The van der Waals surface area contributed by atoms with Gasteiger partial charge in [-0.25, -0.2) is 4.79 Å². The zero-order valence-electron chi connectivity index (χ0n) is 9.82. The van der Waals surface area contributed by atoms with Gasteiger partial charge in [-0.3, -0.25) is 9.69 Å². The van der Waals surface area contributed by atoms with Crippen molar-refractivity contribution in [1.29, 1.82) is 0 Å². The van der Waals surface area contributed by atoms with E-state index in [1.165, 1.54) is 9.80 Å². The Labute approximate surface area is 115 Å². The molecule has 1 aromatic carbocycles. The summed E-state index contributed by atoms with van der Waals surface area (Å²) in [5.74, 6) is -0.163. The second kappa shape index (κ2) is 5.16. The first kappa shape index (κ1) is 13.2. The normalized spacial score (nSPS) is 16.4. The van der Waals surface area contributed by atoms with Crippen LogP contribution in [0.4, 0.5) is 4.79 Å². The van der Waals surface area contributed by atoms with Crippen molar-refractivity contribution in [2.45, 2.75) is 13.0 Å². The van der Waals surface area contributed by atoms with Crippen LogP contribution in [0.3, 0.4) is 0 Å². The van der Waals surface area contributed by atoms with Gasteiger partial charge in [-0.15, -0.1) is 0 Å². The maximum Gasteiger partial charge on any atom is 0.326 e. The van der Waals surface area contributed by atoms with Crippen LogP contribution in [0.15, 0.2) is 18.2 Å². The number of hydrogen-bond donors (Lipinski definition) is 0. The van der Waals surface area contributed by atoms with Crippen LogP contribution >= 0.6 is 23.2 Å². The number of hydrogen-bond acceptors (Lipinski definition) is 2. The van der Waals surface area contributed by atoms with Gasteiger partial charge in [0, 0.05) is 20.0 Å². The van der Waals surface area contributed by atoms with Crippen LogP contribution < -0.4 is 0 Å². The zero-order valence-corrected chi connectivity index (χ0v) is 11.3. The summed E-state index contributed by atoms with van der Waals surface area (Å²) in [6, 6.07) is 4.79. The summed E-state index contributed by atoms with van der Waals surface area (Å²) in [5.41, 5.74) is 0.779. The molecule has 0 aromatic heterocycles. The van der Waals surface area contributed by atoms with Crippen LogP contribution in [0.25, 0.3) is 0 Å².